The van der Waals surface area contributed by atoms with Gasteiger partial charge in [-0.05, 0) is 41.8 Å². The van der Waals surface area contributed by atoms with Crippen molar-refractivity contribution in [3.63, 3.8) is 0 Å². The smallest absolute Gasteiger partial charge is 0.239 e. The second kappa shape index (κ2) is 10.0. The molecule has 1 amide bonds. The number of carbonyl (C=O) groups is 1. The summed E-state index contributed by atoms with van der Waals surface area (Å²) in [6, 6.07) is 10.9. The summed E-state index contributed by atoms with van der Waals surface area (Å²) in [6.45, 7) is 0.502. The van der Waals surface area contributed by atoms with Crippen LogP contribution in [-0.2, 0) is 11.2 Å². The zero-order chi connectivity index (χ0) is 20.8. The molecule has 0 spiro atoms. The van der Waals surface area contributed by atoms with Gasteiger partial charge in [0.15, 0.2) is 16.7 Å². The van der Waals surface area contributed by atoms with Crippen molar-refractivity contribution < 1.29 is 14.3 Å². The highest BCUT2D eigenvalue weighted by atomic mass is 35.5. The maximum atomic E-state index is 12.2. The fourth-order valence-electron chi connectivity index (χ4n) is 2.71. The van der Waals surface area contributed by atoms with Gasteiger partial charge in [0.25, 0.3) is 0 Å². The first kappa shape index (κ1) is 21.5. The van der Waals surface area contributed by atoms with Crippen LogP contribution in [0.2, 0.25) is 10.0 Å². The van der Waals surface area contributed by atoms with Crippen LogP contribution < -0.4 is 9.47 Å². The Kier molecular flexibility index (Phi) is 7.41. The number of hydrogen-bond acceptors (Lipinski definition) is 6. The van der Waals surface area contributed by atoms with Gasteiger partial charge < -0.3 is 9.47 Å². The first-order chi connectivity index (χ1) is 14.0. The van der Waals surface area contributed by atoms with E-state index in [0.29, 0.717) is 45.4 Å². The Morgan fingerprint density at radius 2 is 1.90 bits per heavy atom. The Morgan fingerprint density at radius 3 is 2.62 bits per heavy atom. The maximum Gasteiger partial charge on any atom is 0.239 e. The summed E-state index contributed by atoms with van der Waals surface area (Å²) in [5.41, 5.74) is 1.81. The number of amides is 1. The van der Waals surface area contributed by atoms with Gasteiger partial charge in [0.1, 0.15) is 0 Å². The van der Waals surface area contributed by atoms with Gasteiger partial charge >= 0.3 is 0 Å². The molecule has 2 aromatic carbocycles. The van der Waals surface area contributed by atoms with Crippen LogP contribution in [0.1, 0.15) is 11.1 Å². The summed E-state index contributed by atoms with van der Waals surface area (Å²) >= 11 is 13.3. The number of amidine groups is 1. The molecule has 0 bridgehead atoms. The van der Waals surface area contributed by atoms with Crippen LogP contribution in [0.4, 0.5) is 0 Å². The van der Waals surface area contributed by atoms with Crippen LogP contribution in [0.15, 0.2) is 46.6 Å². The summed E-state index contributed by atoms with van der Waals surface area (Å²) < 4.78 is 10.6. The average molecular weight is 452 g/mol. The average Bonchev–Trinajstić information content (AvgIpc) is 3.08. The van der Waals surface area contributed by atoms with E-state index in [9.17, 15) is 4.79 Å². The lowest BCUT2D eigenvalue weighted by Crippen LogP contribution is -2.31. The molecule has 152 valence electrons. The van der Waals surface area contributed by atoms with E-state index in [2.05, 4.69) is 10.2 Å². The zero-order valence-corrected chi connectivity index (χ0v) is 18.2. The normalized spacial score (nSPS) is 15.5. The first-order valence-corrected chi connectivity index (χ1v) is 10.5. The third-order valence-electron chi connectivity index (χ3n) is 4.22. The highest BCUT2D eigenvalue weighted by Crippen LogP contribution is 2.28. The van der Waals surface area contributed by atoms with Gasteiger partial charge in [0.2, 0.25) is 5.91 Å². The van der Waals surface area contributed by atoms with Gasteiger partial charge in [-0.2, -0.15) is 5.10 Å². The minimum absolute atomic E-state index is 0.0129. The Labute approximate surface area is 183 Å². The number of hydrogen-bond donors (Lipinski definition) is 0. The Hall–Kier alpha value is -2.22. The van der Waals surface area contributed by atoms with Crippen LogP contribution in [0.5, 0.6) is 11.5 Å². The van der Waals surface area contributed by atoms with Crippen LogP contribution in [0.25, 0.3) is 0 Å². The van der Waals surface area contributed by atoms with E-state index in [1.807, 2.05) is 18.2 Å². The molecule has 1 aliphatic heterocycles. The SMILES string of the molecule is COc1ccc(CCN2C(=O)CSC2=NN=Cc2ccc(Cl)c(Cl)c2)cc1OC. The van der Waals surface area contributed by atoms with E-state index in [1.54, 1.807) is 43.5 Å². The highest BCUT2D eigenvalue weighted by Gasteiger charge is 2.28. The predicted octanol–water partition coefficient (Wildman–Crippen LogP) is 4.52. The number of halogens is 2. The first-order valence-electron chi connectivity index (χ1n) is 8.72. The van der Waals surface area contributed by atoms with E-state index >= 15 is 0 Å². The molecule has 0 saturated carbocycles. The second-order valence-corrected chi connectivity index (χ2v) is 7.83. The lowest BCUT2D eigenvalue weighted by atomic mass is 10.1. The van der Waals surface area contributed by atoms with Gasteiger partial charge in [0.05, 0.1) is 36.2 Å². The number of nitrogens with zero attached hydrogens (tertiary/aromatic N) is 3. The third kappa shape index (κ3) is 5.44. The monoisotopic (exact) mass is 451 g/mol. The summed E-state index contributed by atoms with van der Waals surface area (Å²) in [6.07, 6.45) is 2.23. The number of rotatable bonds is 7. The standard InChI is InChI=1S/C20H19Cl2N3O3S/c1-27-17-6-4-13(10-18(17)28-2)7-8-25-19(26)12-29-20(25)24-23-11-14-3-5-15(21)16(22)9-14/h3-6,9-11H,7-8,12H2,1-2H3. The number of methoxy groups -OCH3 is 2. The molecule has 9 heteroatoms. The number of benzene rings is 2. The molecule has 1 fully saturated rings. The van der Waals surface area contributed by atoms with Crippen molar-refractivity contribution in [1.82, 2.24) is 4.90 Å². The minimum Gasteiger partial charge on any atom is -0.493 e. The number of carbonyl (C=O) groups excluding carboxylic acids is 1. The van der Waals surface area contributed by atoms with E-state index in [-0.39, 0.29) is 5.91 Å². The molecule has 0 radical (unpaired) electrons. The molecule has 0 N–H and O–H groups in total. The molecule has 0 aliphatic carbocycles. The summed E-state index contributed by atoms with van der Waals surface area (Å²) in [5.74, 6) is 1.70. The molecular formula is C20H19Cl2N3O3S. The lowest BCUT2D eigenvalue weighted by molar-refractivity contribution is -0.124. The van der Waals surface area contributed by atoms with E-state index in [0.717, 1.165) is 11.1 Å². The second-order valence-electron chi connectivity index (χ2n) is 6.07. The predicted molar refractivity (Wildman–Crippen MR) is 119 cm³/mol. The molecule has 3 rings (SSSR count). The molecule has 1 saturated heterocycles. The minimum atomic E-state index is 0.0129. The molecule has 1 heterocycles. The van der Waals surface area contributed by atoms with Gasteiger partial charge in [-0.1, -0.05) is 47.1 Å². The fraction of sp³-hybridized carbons (Fsp3) is 0.250. The van der Waals surface area contributed by atoms with E-state index in [4.69, 9.17) is 32.7 Å². The zero-order valence-electron chi connectivity index (χ0n) is 15.9. The molecule has 0 atom stereocenters. The molecule has 0 unspecified atom stereocenters. The van der Waals surface area contributed by atoms with Crippen molar-refractivity contribution in [2.24, 2.45) is 10.2 Å². The Bertz CT molecular complexity index is 966. The molecule has 1 aliphatic rings. The number of thioether (sulfide) groups is 1. The molecular weight excluding hydrogens is 433 g/mol. The van der Waals surface area contributed by atoms with Crippen molar-refractivity contribution in [1.29, 1.82) is 0 Å². The number of ether oxygens (including phenoxy) is 2. The summed E-state index contributed by atoms with van der Waals surface area (Å²) in [5, 5.41) is 9.81. The third-order valence-corrected chi connectivity index (χ3v) is 5.91. The van der Waals surface area contributed by atoms with Crippen molar-refractivity contribution in [2.45, 2.75) is 6.42 Å². The van der Waals surface area contributed by atoms with Crippen LogP contribution in [-0.4, -0.2) is 48.7 Å². The molecule has 6 nitrogen and oxygen atoms in total. The topological polar surface area (TPSA) is 63.5 Å². The summed E-state index contributed by atoms with van der Waals surface area (Å²) in [7, 11) is 3.19. The van der Waals surface area contributed by atoms with E-state index in [1.165, 1.54) is 11.8 Å². The molecule has 29 heavy (non-hydrogen) atoms. The van der Waals surface area contributed by atoms with Gasteiger partial charge in [-0.3, -0.25) is 9.69 Å². The Balaban J connectivity index is 1.67. The van der Waals surface area contributed by atoms with Crippen LogP contribution in [0.3, 0.4) is 0 Å². The lowest BCUT2D eigenvalue weighted by Gasteiger charge is -2.16. The van der Waals surface area contributed by atoms with Gasteiger partial charge in [-0.15, -0.1) is 5.10 Å². The molecule has 2 aromatic rings. The van der Waals surface area contributed by atoms with Crippen molar-refractivity contribution in [3.8, 4) is 11.5 Å². The summed E-state index contributed by atoms with van der Waals surface area (Å²) in [4.78, 5) is 13.9. The van der Waals surface area contributed by atoms with Crippen LogP contribution >= 0.6 is 35.0 Å². The van der Waals surface area contributed by atoms with Crippen molar-refractivity contribution in [2.75, 3.05) is 26.5 Å². The van der Waals surface area contributed by atoms with E-state index < -0.39 is 0 Å². The Morgan fingerprint density at radius 1 is 1.10 bits per heavy atom. The largest absolute Gasteiger partial charge is 0.493 e. The van der Waals surface area contributed by atoms with Gasteiger partial charge in [0, 0.05) is 6.54 Å². The fourth-order valence-corrected chi connectivity index (χ4v) is 3.88. The van der Waals surface area contributed by atoms with Crippen LogP contribution in [0, 0.1) is 0 Å². The highest BCUT2D eigenvalue weighted by molar-refractivity contribution is 8.15. The molecule has 0 aromatic heterocycles. The van der Waals surface area contributed by atoms with Crippen molar-refractivity contribution >= 4 is 52.3 Å². The van der Waals surface area contributed by atoms with Crippen molar-refractivity contribution in [3.05, 3.63) is 57.6 Å². The quantitative estimate of drug-likeness (QED) is 0.458. The van der Waals surface area contributed by atoms with Gasteiger partial charge in [-0.25, -0.2) is 0 Å². The maximum absolute atomic E-state index is 12.2.